The number of hydrogen-bond donors (Lipinski definition) is 0. The predicted molar refractivity (Wildman–Crippen MR) is 85.6 cm³/mol. The van der Waals surface area contributed by atoms with Crippen LogP contribution in [0.1, 0.15) is 30.3 Å². The summed E-state index contributed by atoms with van der Waals surface area (Å²) in [5.41, 5.74) is 3.13. The highest BCUT2D eigenvalue weighted by Gasteiger charge is 2.04. The van der Waals surface area contributed by atoms with Crippen molar-refractivity contribution >= 4 is 11.6 Å². The minimum Gasteiger partial charge on any atom is -0.487 e. The van der Waals surface area contributed by atoms with Crippen molar-refractivity contribution in [3.05, 3.63) is 47.3 Å². The van der Waals surface area contributed by atoms with Gasteiger partial charge >= 0.3 is 0 Å². The maximum absolute atomic E-state index is 5.78. The van der Waals surface area contributed by atoms with Crippen molar-refractivity contribution in [1.29, 1.82) is 0 Å². The molecule has 0 radical (unpaired) electrons. The first-order valence-electron chi connectivity index (χ1n) is 7.02. The number of nitrogens with zero attached hydrogens (tertiary/aromatic N) is 2. The normalized spacial score (nSPS) is 10.0. The number of benzene rings is 1. The lowest BCUT2D eigenvalue weighted by Crippen LogP contribution is -2.02. The van der Waals surface area contributed by atoms with Gasteiger partial charge in [-0.15, -0.1) is 11.6 Å². The van der Waals surface area contributed by atoms with Crippen LogP contribution in [0.15, 0.2) is 30.3 Å². The van der Waals surface area contributed by atoms with Gasteiger partial charge in [0.15, 0.2) is 0 Å². The topological polar surface area (TPSA) is 27.1 Å². The number of rotatable bonds is 5. The van der Waals surface area contributed by atoms with Crippen molar-refractivity contribution in [2.24, 2.45) is 7.05 Å². The quantitative estimate of drug-likeness (QED) is 0.624. The molecule has 0 spiro atoms. The Hall–Kier alpha value is -1.92. The third-order valence-electron chi connectivity index (χ3n) is 3.08. The molecule has 2 aromatic rings. The van der Waals surface area contributed by atoms with E-state index in [4.69, 9.17) is 16.3 Å². The Labute approximate surface area is 130 Å². The van der Waals surface area contributed by atoms with Gasteiger partial charge in [0.2, 0.25) is 0 Å². The van der Waals surface area contributed by atoms with E-state index in [9.17, 15) is 0 Å². The van der Waals surface area contributed by atoms with Gasteiger partial charge in [-0.2, -0.15) is 5.10 Å². The fraction of sp³-hybridized carbons (Fsp3) is 0.353. The first kappa shape index (κ1) is 15.5. The van der Waals surface area contributed by atoms with E-state index in [1.54, 1.807) is 0 Å². The van der Waals surface area contributed by atoms with Crippen molar-refractivity contribution in [3.8, 4) is 17.6 Å². The molecule has 0 fully saturated rings. The summed E-state index contributed by atoms with van der Waals surface area (Å²) in [5.74, 6) is 7.47. The zero-order chi connectivity index (χ0) is 15.1. The number of hydrogen-bond acceptors (Lipinski definition) is 2. The van der Waals surface area contributed by atoms with Crippen LogP contribution in [-0.4, -0.2) is 15.7 Å². The van der Waals surface area contributed by atoms with Gasteiger partial charge in [0.25, 0.3) is 0 Å². The molecule has 4 heteroatoms. The summed E-state index contributed by atoms with van der Waals surface area (Å²) in [6, 6.07) is 9.85. The summed E-state index contributed by atoms with van der Waals surface area (Å²) in [5, 5.41) is 4.40. The van der Waals surface area contributed by atoms with Crippen molar-refractivity contribution in [2.45, 2.75) is 26.4 Å². The molecular formula is C17H19ClN2O. The van der Waals surface area contributed by atoms with Gasteiger partial charge in [-0.05, 0) is 36.8 Å². The summed E-state index contributed by atoms with van der Waals surface area (Å²) in [7, 11) is 1.94. The van der Waals surface area contributed by atoms with Gasteiger partial charge in [0, 0.05) is 24.9 Å². The van der Waals surface area contributed by atoms with Gasteiger partial charge in [0.1, 0.15) is 12.4 Å². The van der Waals surface area contributed by atoms with E-state index in [1.807, 2.05) is 36.0 Å². The van der Waals surface area contributed by atoms with E-state index < -0.39 is 0 Å². The molecule has 110 valence electrons. The lowest BCUT2D eigenvalue weighted by atomic mass is 10.2. The molecule has 1 aromatic carbocycles. The Morgan fingerprint density at radius 3 is 2.67 bits per heavy atom. The molecule has 3 nitrogen and oxygen atoms in total. The van der Waals surface area contributed by atoms with Gasteiger partial charge in [0.05, 0.1) is 11.4 Å². The third kappa shape index (κ3) is 4.54. The Kier molecular flexibility index (Phi) is 5.71. The highest BCUT2D eigenvalue weighted by molar-refractivity contribution is 6.18. The predicted octanol–water partition coefficient (Wildman–Crippen LogP) is 3.54. The Balaban J connectivity index is 1.94. The van der Waals surface area contributed by atoms with Gasteiger partial charge in [-0.25, -0.2) is 0 Å². The van der Waals surface area contributed by atoms with Crippen LogP contribution in [0, 0.1) is 11.8 Å². The number of alkyl halides is 1. The second-order valence-electron chi connectivity index (χ2n) is 4.66. The molecule has 0 saturated heterocycles. The van der Waals surface area contributed by atoms with Gasteiger partial charge < -0.3 is 4.74 Å². The first-order chi connectivity index (χ1) is 10.2. The maximum Gasteiger partial charge on any atom is 0.130 e. The largest absolute Gasteiger partial charge is 0.487 e. The fourth-order valence-electron chi connectivity index (χ4n) is 1.88. The smallest absolute Gasteiger partial charge is 0.130 e. The van der Waals surface area contributed by atoms with Crippen LogP contribution >= 0.6 is 11.6 Å². The number of halogens is 1. The van der Waals surface area contributed by atoms with E-state index in [0.29, 0.717) is 18.9 Å². The zero-order valence-electron chi connectivity index (χ0n) is 12.4. The molecule has 0 bridgehead atoms. The minimum absolute atomic E-state index is 0.515. The average Bonchev–Trinajstić information content (AvgIpc) is 2.87. The first-order valence-corrected chi connectivity index (χ1v) is 7.56. The Morgan fingerprint density at radius 2 is 2.05 bits per heavy atom. The number of aromatic nitrogens is 2. The summed E-state index contributed by atoms with van der Waals surface area (Å²) in [6.07, 6.45) is 1.64. The molecule has 0 amide bonds. The third-order valence-corrected chi connectivity index (χ3v) is 3.27. The lowest BCUT2D eigenvalue weighted by Gasteiger charge is -2.06. The summed E-state index contributed by atoms with van der Waals surface area (Å²) in [4.78, 5) is 0. The second kappa shape index (κ2) is 7.75. The Bertz CT molecular complexity index is 635. The van der Waals surface area contributed by atoms with E-state index in [-0.39, 0.29) is 0 Å². The Morgan fingerprint density at radius 1 is 1.29 bits per heavy atom. The molecule has 2 rings (SSSR count). The highest BCUT2D eigenvalue weighted by atomic mass is 35.5. The monoisotopic (exact) mass is 302 g/mol. The molecule has 0 saturated carbocycles. The fourth-order valence-corrected chi connectivity index (χ4v) is 1.98. The van der Waals surface area contributed by atoms with E-state index in [2.05, 4.69) is 29.9 Å². The summed E-state index contributed by atoms with van der Waals surface area (Å²) in [6.45, 7) is 2.61. The molecule has 21 heavy (non-hydrogen) atoms. The van der Waals surface area contributed by atoms with E-state index in [0.717, 1.165) is 29.1 Å². The van der Waals surface area contributed by atoms with Crippen LogP contribution in [0.25, 0.3) is 0 Å². The molecule has 0 unspecified atom stereocenters. The van der Waals surface area contributed by atoms with Crippen LogP contribution in [0.4, 0.5) is 0 Å². The molecular weight excluding hydrogens is 284 g/mol. The van der Waals surface area contributed by atoms with E-state index >= 15 is 0 Å². The van der Waals surface area contributed by atoms with Gasteiger partial charge in [-0.1, -0.05) is 18.8 Å². The molecule has 0 aliphatic carbocycles. The SMILES string of the molecule is CCc1cc(COc2ccc(C#CCCCl)cc2)n(C)n1. The van der Waals surface area contributed by atoms with E-state index in [1.165, 1.54) is 0 Å². The molecule has 0 atom stereocenters. The average molecular weight is 303 g/mol. The molecule has 0 aliphatic rings. The van der Waals surface area contributed by atoms with Crippen LogP contribution in [0.5, 0.6) is 5.75 Å². The van der Waals surface area contributed by atoms with Crippen LogP contribution in [-0.2, 0) is 20.1 Å². The van der Waals surface area contributed by atoms with Crippen molar-refractivity contribution in [2.75, 3.05) is 5.88 Å². The van der Waals surface area contributed by atoms with Crippen molar-refractivity contribution in [3.63, 3.8) is 0 Å². The standard InChI is InChI=1S/C17H19ClN2O/c1-3-15-12-16(20(2)19-15)13-21-17-9-7-14(8-10-17)6-4-5-11-18/h7-10,12H,3,5,11,13H2,1-2H3. The minimum atomic E-state index is 0.515. The van der Waals surface area contributed by atoms with Crippen molar-refractivity contribution < 1.29 is 4.74 Å². The van der Waals surface area contributed by atoms with Crippen LogP contribution in [0.3, 0.4) is 0 Å². The maximum atomic E-state index is 5.78. The lowest BCUT2D eigenvalue weighted by molar-refractivity contribution is 0.295. The molecule has 0 N–H and O–H groups in total. The van der Waals surface area contributed by atoms with Crippen LogP contribution < -0.4 is 4.74 Å². The molecule has 1 heterocycles. The summed E-state index contributed by atoms with van der Waals surface area (Å²) >= 11 is 5.59. The zero-order valence-corrected chi connectivity index (χ0v) is 13.2. The second-order valence-corrected chi connectivity index (χ2v) is 5.04. The van der Waals surface area contributed by atoms with Crippen LogP contribution in [0.2, 0.25) is 0 Å². The van der Waals surface area contributed by atoms with Gasteiger partial charge in [-0.3, -0.25) is 4.68 Å². The molecule has 0 aliphatic heterocycles. The number of aryl methyl sites for hydroxylation is 2. The number of ether oxygens (including phenoxy) is 1. The highest BCUT2D eigenvalue weighted by Crippen LogP contribution is 2.14. The summed E-state index contributed by atoms with van der Waals surface area (Å²) < 4.78 is 7.65. The van der Waals surface area contributed by atoms with Crippen molar-refractivity contribution in [1.82, 2.24) is 9.78 Å². The molecule has 1 aromatic heterocycles.